The topological polar surface area (TPSA) is 54.3 Å². The van der Waals surface area contributed by atoms with Crippen LogP contribution in [0.5, 0.6) is 0 Å². The monoisotopic (exact) mass is 421 g/mol. The molecule has 0 bridgehead atoms. The molecule has 0 atom stereocenters. The van der Waals surface area contributed by atoms with E-state index in [1.807, 2.05) is 31.1 Å². The number of halogens is 4. The standard InChI is InChI=1S/C20H19F4N5O/c1-27(2)15-9-7-13(8-10-15)12-28(3)19(30)17-18(20(22,23)24)29(26-25-17)16-6-4-5-14(21)11-16/h4-11H,12H2,1-3H3. The quantitative estimate of drug-likeness (QED) is 0.589. The maximum absolute atomic E-state index is 13.7. The Morgan fingerprint density at radius 3 is 2.30 bits per heavy atom. The van der Waals surface area contributed by atoms with E-state index in [-0.39, 0.29) is 12.2 Å². The summed E-state index contributed by atoms with van der Waals surface area (Å²) < 4.78 is 55.1. The van der Waals surface area contributed by atoms with E-state index in [4.69, 9.17) is 0 Å². The van der Waals surface area contributed by atoms with Gasteiger partial charge >= 0.3 is 6.18 Å². The molecule has 6 nitrogen and oxygen atoms in total. The summed E-state index contributed by atoms with van der Waals surface area (Å²) in [6.07, 6.45) is -4.92. The number of anilines is 1. The Hall–Kier alpha value is -3.43. The summed E-state index contributed by atoms with van der Waals surface area (Å²) in [7, 11) is 5.14. The molecule has 0 aliphatic carbocycles. The smallest absolute Gasteiger partial charge is 0.378 e. The minimum atomic E-state index is -4.92. The first-order valence-electron chi connectivity index (χ1n) is 8.88. The van der Waals surface area contributed by atoms with Gasteiger partial charge in [0.1, 0.15) is 5.82 Å². The second-order valence-electron chi connectivity index (χ2n) is 6.90. The van der Waals surface area contributed by atoms with Crippen LogP contribution in [0.3, 0.4) is 0 Å². The van der Waals surface area contributed by atoms with Crippen LogP contribution in [0.4, 0.5) is 23.2 Å². The number of carbonyl (C=O) groups is 1. The predicted octanol–water partition coefficient (Wildman–Crippen LogP) is 3.76. The van der Waals surface area contributed by atoms with Crippen molar-refractivity contribution in [1.82, 2.24) is 19.9 Å². The molecule has 30 heavy (non-hydrogen) atoms. The molecule has 2 aromatic carbocycles. The molecule has 1 heterocycles. The fourth-order valence-corrected chi connectivity index (χ4v) is 2.89. The molecular weight excluding hydrogens is 402 g/mol. The van der Waals surface area contributed by atoms with Crippen LogP contribution in [0.15, 0.2) is 48.5 Å². The minimum absolute atomic E-state index is 0.0800. The van der Waals surface area contributed by atoms with Crippen LogP contribution in [0, 0.1) is 5.82 Å². The average molecular weight is 421 g/mol. The van der Waals surface area contributed by atoms with E-state index in [9.17, 15) is 22.4 Å². The van der Waals surface area contributed by atoms with Gasteiger partial charge in [0.25, 0.3) is 5.91 Å². The summed E-state index contributed by atoms with van der Waals surface area (Å²) in [6.45, 7) is 0.0800. The number of nitrogens with zero attached hydrogens (tertiary/aromatic N) is 5. The molecule has 0 aliphatic heterocycles. The third-order valence-electron chi connectivity index (χ3n) is 4.41. The van der Waals surface area contributed by atoms with Crippen molar-refractivity contribution in [2.45, 2.75) is 12.7 Å². The van der Waals surface area contributed by atoms with Crippen molar-refractivity contribution in [2.24, 2.45) is 0 Å². The first-order chi connectivity index (χ1) is 14.1. The second-order valence-corrected chi connectivity index (χ2v) is 6.90. The summed E-state index contributed by atoms with van der Waals surface area (Å²) in [5.74, 6) is -1.68. The largest absolute Gasteiger partial charge is 0.435 e. The highest BCUT2D eigenvalue weighted by molar-refractivity contribution is 5.93. The maximum Gasteiger partial charge on any atom is 0.435 e. The zero-order valence-corrected chi connectivity index (χ0v) is 16.5. The number of amides is 1. The number of hydrogen-bond acceptors (Lipinski definition) is 4. The van der Waals surface area contributed by atoms with Crippen LogP contribution in [-0.4, -0.2) is 46.9 Å². The van der Waals surface area contributed by atoms with E-state index in [1.54, 1.807) is 12.1 Å². The zero-order chi connectivity index (χ0) is 22.1. The molecule has 0 fully saturated rings. The third-order valence-corrected chi connectivity index (χ3v) is 4.41. The van der Waals surface area contributed by atoms with Crippen molar-refractivity contribution < 1.29 is 22.4 Å². The lowest BCUT2D eigenvalue weighted by Crippen LogP contribution is -2.29. The Labute approximate surface area is 170 Å². The van der Waals surface area contributed by atoms with Gasteiger partial charge in [-0.15, -0.1) is 5.10 Å². The van der Waals surface area contributed by atoms with Crippen LogP contribution in [0.25, 0.3) is 5.69 Å². The number of benzene rings is 2. The number of alkyl halides is 3. The molecule has 1 amide bonds. The van der Waals surface area contributed by atoms with Crippen molar-refractivity contribution >= 4 is 11.6 Å². The maximum atomic E-state index is 13.7. The summed E-state index contributed by atoms with van der Waals surface area (Å²) in [5.41, 5.74) is -0.699. The third kappa shape index (κ3) is 4.42. The highest BCUT2D eigenvalue weighted by Crippen LogP contribution is 2.33. The Morgan fingerprint density at radius 2 is 1.73 bits per heavy atom. The molecule has 0 unspecified atom stereocenters. The van der Waals surface area contributed by atoms with Gasteiger partial charge in [-0.25, -0.2) is 9.07 Å². The molecule has 10 heteroatoms. The lowest BCUT2D eigenvalue weighted by molar-refractivity contribution is -0.143. The fourth-order valence-electron chi connectivity index (χ4n) is 2.89. The molecule has 0 radical (unpaired) electrons. The average Bonchev–Trinajstić information content (AvgIpc) is 3.13. The summed E-state index contributed by atoms with van der Waals surface area (Å²) in [6, 6.07) is 11.7. The van der Waals surface area contributed by atoms with Crippen LogP contribution in [0.2, 0.25) is 0 Å². The van der Waals surface area contributed by atoms with Crippen molar-refractivity contribution in [3.8, 4) is 5.69 Å². The van der Waals surface area contributed by atoms with Crippen molar-refractivity contribution in [2.75, 3.05) is 26.0 Å². The van der Waals surface area contributed by atoms with Gasteiger partial charge < -0.3 is 9.80 Å². The van der Waals surface area contributed by atoms with Gasteiger partial charge in [-0.1, -0.05) is 23.4 Å². The van der Waals surface area contributed by atoms with Crippen LogP contribution in [-0.2, 0) is 12.7 Å². The Kier molecular flexibility index (Phi) is 5.77. The van der Waals surface area contributed by atoms with Crippen molar-refractivity contribution in [3.05, 3.63) is 71.3 Å². The van der Waals surface area contributed by atoms with Gasteiger partial charge in [0, 0.05) is 33.4 Å². The predicted molar refractivity (Wildman–Crippen MR) is 103 cm³/mol. The molecule has 0 spiro atoms. The lowest BCUT2D eigenvalue weighted by Gasteiger charge is -2.18. The Balaban J connectivity index is 1.91. The Bertz CT molecular complexity index is 1040. The number of carbonyl (C=O) groups excluding carboxylic acids is 1. The molecule has 0 N–H and O–H groups in total. The molecule has 0 aliphatic rings. The highest BCUT2D eigenvalue weighted by atomic mass is 19.4. The van der Waals surface area contributed by atoms with Gasteiger partial charge in [0.2, 0.25) is 0 Å². The lowest BCUT2D eigenvalue weighted by atomic mass is 10.1. The van der Waals surface area contributed by atoms with Crippen LogP contribution < -0.4 is 4.90 Å². The van der Waals surface area contributed by atoms with E-state index in [2.05, 4.69) is 10.3 Å². The number of rotatable bonds is 5. The molecule has 3 rings (SSSR count). The van der Waals surface area contributed by atoms with Gasteiger partial charge in [-0.2, -0.15) is 13.2 Å². The van der Waals surface area contributed by atoms with Crippen molar-refractivity contribution in [1.29, 1.82) is 0 Å². The summed E-state index contributed by atoms with van der Waals surface area (Å²) in [5, 5.41) is 6.92. The van der Waals surface area contributed by atoms with Crippen molar-refractivity contribution in [3.63, 3.8) is 0 Å². The van der Waals surface area contributed by atoms with E-state index in [1.165, 1.54) is 19.2 Å². The summed E-state index contributed by atoms with van der Waals surface area (Å²) in [4.78, 5) is 15.8. The van der Waals surface area contributed by atoms with E-state index in [0.29, 0.717) is 4.68 Å². The van der Waals surface area contributed by atoms with E-state index < -0.39 is 29.3 Å². The SMILES string of the molecule is CN(Cc1ccc(N(C)C)cc1)C(=O)c1nnn(-c2cccc(F)c2)c1C(F)(F)F. The highest BCUT2D eigenvalue weighted by Gasteiger charge is 2.42. The van der Waals surface area contributed by atoms with E-state index >= 15 is 0 Å². The van der Waals surface area contributed by atoms with Crippen LogP contribution >= 0.6 is 0 Å². The van der Waals surface area contributed by atoms with Gasteiger partial charge in [-0.05, 0) is 35.9 Å². The second kappa shape index (κ2) is 8.13. The van der Waals surface area contributed by atoms with Gasteiger partial charge in [0.15, 0.2) is 11.4 Å². The molecule has 1 aromatic heterocycles. The van der Waals surface area contributed by atoms with Gasteiger partial charge in [0.05, 0.1) is 5.69 Å². The normalized spacial score (nSPS) is 11.4. The fraction of sp³-hybridized carbons (Fsp3) is 0.250. The number of hydrogen-bond donors (Lipinski definition) is 0. The Morgan fingerprint density at radius 1 is 1.07 bits per heavy atom. The minimum Gasteiger partial charge on any atom is -0.378 e. The molecule has 0 saturated carbocycles. The molecule has 158 valence electrons. The summed E-state index contributed by atoms with van der Waals surface area (Å²) >= 11 is 0. The van der Waals surface area contributed by atoms with Crippen LogP contribution in [0.1, 0.15) is 21.7 Å². The van der Waals surface area contributed by atoms with Gasteiger partial charge in [-0.3, -0.25) is 4.79 Å². The first kappa shape index (κ1) is 21.3. The number of aromatic nitrogens is 3. The molecule has 0 saturated heterocycles. The molecule has 3 aromatic rings. The first-order valence-corrected chi connectivity index (χ1v) is 8.88. The zero-order valence-electron chi connectivity index (χ0n) is 16.5. The molecular formula is C20H19F4N5O. The van der Waals surface area contributed by atoms with E-state index in [0.717, 1.165) is 28.3 Å².